The topological polar surface area (TPSA) is 102 Å². The predicted octanol–water partition coefficient (Wildman–Crippen LogP) is 6.99. The molecule has 0 bridgehead atoms. The van der Waals surface area contributed by atoms with Crippen LogP contribution in [0.4, 0.5) is 0 Å². The van der Waals surface area contributed by atoms with Crippen molar-refractivity contribution in [3.05, 3.63) is 72.9 Å². The van der Waals surface area contributed by atoms with Gasteiger partial charge in [-0.3, -0.25) is 13.8 Å². The van der Waals surface area contributed by atoms with Crippen LogP contribution in [0.1, 0.15) is 71.1 Å². The number of carbonyl (C=O) groups excluding carboxylic acids is 1. The first kappa shape index (κ1) is 38.9. The van der Waals surface area contributed by atoms with E-state index in [9.17, 15) is 19.4 Å². The van der Waals surface area contributed by atoms with Gasteiger partial charge in [-0.25, -0.2) is 4.57 Å². The van der Waals surface area contributed by atoms with Crippen LogP contribution in [0.25, 0.3) is 0 Å². The average molecular weight is 597 g/mol. The molecule has 0 radical (unpaired) electrons. The lowest BCUT2D eigenvalue weighted by Gasteiger charge is -2.24. The van der Waals surface area contributed by atoms with Crippen LogP contribution >= 0.6 is 7.82 Å². The summed E-state index contributed by atoms with van der Waals surface area (Å²) in [7, 11) is 1.52. The highest BCUT2D eigenvalue weighted by atomic mass is 31.2. The Hall–Kier alpha value is -2.06. The SMILES string of the molecule is CC/C=C\C/C=C\C/C=C\C/C=C\C/C=C\C/C=C\CCCCC(=O)OCC(O)COP(=O)(O)OCC[N+](C)(C)C. The summed E-state index contributed by atoms with van der Waals surface area (Å²) < 4.78 is 27.0. The third kappa shape index (κ3) is 30.7. The number of phosphoric acid groups is 1. The van der Waals surface area contributed by atoms with E-state index in [2.05, 4.69) is 79.8 Å². The number of likely N-dealkylation sites (N-methyl/N-ethyl adjacent to an activating group) is 1. The van der Waals surface area contributed by atoms with Crippen molar-refractivity contribution in [3.63, 3.8) is 0 Å². The highest BCUT2D eigenvalue weighted by Crippen LogP contribution is 2.43. The molecule has 0 amide bonds. The van der Waals surface area contributed by atoms with Crippen molar-refractivity contribution in [2.75, 3.05) is 47.5 Å². The maximum absolute atomic E-state index is 11.8. The molecule has 2 N–H and O–H groups in total. The van der Waals surface area contributed by atoms with Crippen molar-refractivity contribution in [2.24, 2.45) is 0 Å². The van der Waals surface area contributed by atoms with Crippen LogP contribution in [-0.4, -0.2) is 74.1 Å². The minimum Gasteiger partial charge on any atom is -0.463 e. The second-order valence-electron chi connectivity index (χ2n) is 10.6. The maximum Gasteiger partial charge on any atom is 0.472 e. The first-order chi connectivity index (χ1) is 19.6. The first-order valence-corrected chi connectivity index (χ1v) is 16.2. The molecule has 0 fully saturated rings. The lowest BCUT2D eigenvalue weighted by Crippen LogP contribution is -2.37. The normalized spacial score (nSPS) is 15.4. The number of hydrogen-bond acceptors (Lipinski definition) is 6. The first-order valence-electron chi connectivity index (χ1n) is 14.7. The smallest absolute Gasteiger partial charge is 0.463 e. The van der Waals surface area contributed by atoms with Crippen LogP contribution < -0.4 is 0 Å². The number of nitrogens with zero attached hydrogens (tertiary/aromatic N) is 1. The van der Waals surface area contributed by atoms with E-state index in [0.717, 1.165) is 51.4 Å². The van der Waals surface area contributed by atoms with Gasteiger partial charge in [-0.1, -0.05) is 79.8 Å². The van der Waals surface area contributed by atoms with Crippen molar-refractivity contribution < 1.29 is 37.6 Å². The molecule has 0 aromatic rings. The molecule has 0 aliphatic carbocycles. The van der Waals surface area contributed by atoms with E-state index in [-0.39, 0.29) is 19.6 Å². The van der Waals surface area contributed by atoms with Gasteiger partial charge in [0.1, 0.15) is 25.9 Å². The molecule has 0 spiro atoms. The van der Waals surface area contributed by atoms with E-state index >= 15 is 0 Å². The van der Waals surface area contributed by atoms with Gasteiger partial charge in [0.25, 0.3) is 0 Å². The van der Waals surface area contributed by atoms with Crippen LogP contribution in [-0.2, 0) is 23.1 Å². The Balaban J connectivity index is 3.73. The van der Waals surface area contributed by atoms with Gasteiger partial charge in [-0.05, 0) is 57.8 Å². The summed E-state index contributed by atoms with van der Waals surface area (Å²) in [5.41, 5.74) is 0. The van der Waals surface area contributed by atoms with Crippen LogP contribution in [0.5, 0.6) is 0 Å². The zero-order valence-electron chi connectivity index (χ0n) is 25.7. The van der Waals surface area contributed by atoms with Gasteiger partial charge in [0, 0.05) is 6.42 Å². The summed E-state index contributed by atoms with van der Waals surface area (Å²) >= 11 is 0. The molecule has 0 heterocycles. The lowest BCUT2D eigenvalue weighted by atomic mass is 10.2. The van der Waals surface area contributed by atoms with Crippen LogP contribution in [0, 0.1) is 0 Å². The Morgan fingerprint density at radius 3 is 1.73 bits per heavy atom. The van der Waals surface area contributed by atoms with E-state index in [1.165, 1.54) is 0 Å². The average Bonchev–Trinajstić information content (AvgIpc) is 2.90. The number of aliphatic hydroxyl groups is 1. The van der Waals surface area contributed by atoms with Gasteiger partial charge >= 0.3 is 13.8 Å². The Labute approximate surface area is 249 Å². The number of ether oxygens (including phenoxy) is 1. The van der Waals surface area contributed by atoms with E-state index in [1.54, 1.807) is 0 Å². The number of phosphoric ester groups is 1. The molecule has 0 aromatic heterocycles. The largest absolute Gasteiger partial charge is 0.472 e. The Kier molecular flexibility index (Phi) is 24.3. The lowest BCUT2D eigenvalue weighted by molar-refractivity contribution is -0.870. The highest BCUT2D eigenvalue weighted by molar-refractivity contribution is 7.47. The van der Waals surface area contributed by atoms with Gasteiger partial charge in [-0.2, -0.15) is 0 Å². The third-order valence-electron chi connectivity index (χ3n) is 5.48. The van der Waals surface area contributed by atoms with Gasteiger partial charge in [0.2, 0.25) is 0 Å². The molecule has 0 saturated heterocycles. The second-order valence-corrected chi connectivity index (χ2v) is 12.1. The van der Waals surface area contributed by atoms with Crippen molar-refractivity contribution in [1.82, 2.24) is 0 Å². The van der Waals surface area contributed by atoms with Crippen molar-refractivity contribution >= 4 is 13.8 Å². The molecular weight excluding hydrogens is 541 g/mol. The number of quaternary nitrogens is 1. The summed E-state index contributed by atoms with van der Waals surface area (Å²) in [5, 5.41) is 9.84. The Morgan fingerprint density at radius 2 is 1.24 bits per heavy atom. The van der Waals surface area contributed by atoms with E-state index < -0.39 is 26.5 Å². The highest BCUT2D eigenvalue weighted by Gasteiger charge is 2.24. The fraction of sp³-hybridized carbons (Fsp3) is 0.594. The Bertz CT molecular complexity index is 885. The minimum absolute atomic E-state index is 0.0426. The standard InChI is InChI=1S/C32H54NO7P/c1-5-6-7-8-9-10-11-12-13-14-15-16-17-18-19-20-21-22-23-24-25-26-32(35)38-29-31(34)30-40-41(36,37)39-28-27-33(2,3)4/h6-7,9-10,12-13,15-16,18-19,21-22,31,34H,5,8,11,14,17,20,23-30H2,1-4H3/p+1/b7-6-,10-9-,13-12-,16-15-,19-18-,22-21-. The van der Waals surface area contributed by atoms with Crippen LogP contribution in [0.2, 0.25) is 0 Å². The Morgan fingerprint density at radius 1 is 0.756 bits per heavy atom. The van der Waals surface area contributed by atoms with E-state index in [0.29, 0.717) is 17.4 Å². The molecule has 0 aliphatic heterocycles. The molecular formula is C32H55NO7P+. The molecule has 41 heavy (non-hydrogen) atoms. The zero-order valence-corrected chi connectivity index (χ0v) is 26.6. The van der Waals surface area contributed by atoms with Gasteiger partial charge in [0.15, 0.2) is 0 Å². The molecule has 9 heteroatoms. The summed E-state index contributed by atoms with van der Waals surface area (Å²) in [6, 6.07) is 0. The van der Waals surface area contributed by atoms with E-state index in [1.807, 2.05) is 21.1 Å². The third-order valence-corrected chi connectivity index (χ3v) is 6.47. The molecule has 234 valence electrons. The number of allylic oxidation sites excluding steroid dienone is 12. The molecule has 0 aliphatic rings. The zero-order chi connectivity index (χ0) is 30.7. The van der Waals surface area contributed by atoms with Crippen molar-refractivity contribution in [2.45, 2.75) is 77.2 Å². The van der Waals surface area contributed by atoms with Gasteiger partial charge in [0.05, 0.1) is 27.7 Å². The summed E-state index contributed by atoms with van der Waals surface area (Å²) in [4.78, 5) is 21.5. The number of aliphatic hydroxyl groups excluding tert-OH is 1. The summed E-state index contributed by atoms with van der Waals surface area (Å²) in [6.07, 6.45) is 33.4. The van der Waals surface area contributed by atoms with Crippen molar-refractivity contribution in [3.8, 4) is 0 Å². The molecule has 0 saturated carbocycles. The maximum atomic E-state index is 11.8. The van der Waals surface area contributed by atoms with Crippen LogP contribution in [0.3, 0.4) is 0 Å². The number of hydrogen-bond donors (Lipinski definition) is 2. The molecule has 2 atom stereocenters. The van der Waals surface area contributed by atoms with Crippen molar-refractivity contribution in [1.29, 1.82) is 0 Å². The molecule has 2 unspecified atom stereocenters. The number of unbranched alkanes of at least 4 members (excludes halogenated alkanes) is 2. The predicted molar refractivity (Wildman–Crippen MR) is 168 cm³/mol. The number of esters is 1. The molecule has 0 rings (SSSR count). The fourth-order valence-corrected chi connectivity index (χ4v) is 3.88. The fourth-order valence-electron chi connectivity index (χ4n) is 3.13. The molecule has 8 nitrogen and oxygen atoms in total. The number of rotatable bonds is 25. The number of carbonyl (C=O) groups is 1. The van der Waals surface area contributed by atoms with Gasteiger partial charge in [-0.15, -0.1) is 0 Å². The quantitative estimate of drug-likeness (QED) is 0.0385. The summed E-state index contributed by atoms with van der Waals surface area (Å²) in [5.74, 6) is -0.418. The minimum atomic E-state index is -4.26. The second kappa shape index (κ2) is 25.6. The molecule has 0 aromatic carbocycles. The van der Waals surface area contributed by atoms with Gasteiger partial charge < -0.3 is 19.2 Å². The monoisotopic (exact) mass is 596 g/mol. The van der Waals surface area contributed by atoms with E-state index in [4.69, 9.17) is 13.8 Å². The summed E-state index contributed by atoms with van der Waals surface area (Å²) in [6.45, 7) is 1.94. The van der Waals surface area contributed by atoms with Crippen LogP contribution in [0.15, 0.2) is 72.9 Å².